The molecule has 2 rings (SSSR count). The number of nitrogens with one attached hydrogen (secondary N) is 2. The fraction of sp³-hybridized carbons (Fsp3) is 0.273. The molecule has 0 unspecified atom stereocenters. The maximum absolute atomic E-state index is 12.9. The van der Waals surface area contributed by atoms with Gasteiger partial charge in [-0.2, -0.15) is 5.10 Å². The lowest BCUT2D eigenvalue weighted by Crippen LogP contribution is -2.56. The minimum Gasteiger partial charge on any atom is -0.480 e. The van der Waals surface area contributed by atoms with Crippen LogP contribution in [0, 0.1) is 0 Å². The summed E-state index contributed by atoms with van der Waals surface area (Å²) in [4.78, 5) is 37.8. The summed E-state index contributed by atoms with van der Waals surface area (Å²) in [7, 11) is 0. The Morgan fingerprint density at radius 3 is 2.44 bits per heavy atom. The zero-order valence-electron chi connectivity index (χ0n) is 18.1. The molecule has 0 aliphatic carbocycles. The second-order valence-corrected chi connectivity index (χ2v) is 7.84. The van der Waals surface area contributed by atoms with E-state index in [2.05, 4.69) is 15.8 Å². The lowest BCUT2D eigenvalue weighted by Gasteiger charge is -2.31. The Hall–Kier alpha value is -4.08. The molecule has 2 aromatic carbocycles. The number of nitrogens with two attached hydrogens (primary N) is 1. The molecular weight excluding hydrogens is 414 g/mol. The highest BCUT2D eigenvalue weighted by Crippen LogP contribution is 2.16. The number of carboxylic acids is 1. The van der Waals surface area contributed by atoms with Gasteiger partial charge in [-0.15, -0.1) is 0 Å². The van der Waals surface area contributed by atoms with Crippen LogP contribution in [0.3, 0.4) is 0 Å². The molecule has 0 fully saturated rings. The maximum atomic E-state index is 12.9. The molecule has 1 atom stereocenters. The monoisotopic (exact) mass is 441 g/mol. The quantitative estimate of drug-likeness (QED) is 0.223. The van der Waals surface area contributed by atoms with Crippen LogP contribution in [0.25, 0.3) is 0 Å². The minimum absolute atomic E-state index is 0.0374. The standard InChI is InChI=1S/C22H27N5O5/c1-22(2,3)32-21(31)27(18(20(29)30)12-15-8-5-4-6-9-15)26-19(28)16-10-7-11-17(13-16)24-14-25-23/h4-11,13-14,18H,12,23H2,1-3H3,(H,24,25)(H,26,28)(H,29,30)/t18-/m0/s1. The van der Waals surface area contributed by atoms with E-state index in [1.54, 1.807) is 63.2 Å². The van der Waals surface area contributed by atoms with Crippen molar-refractivity contribution in [3.8, 4) is 0 Å². The molecule has 0 saturated carbocycles. The molecule has 5 N–H and O–H groups in total. The first-order chi connectivity index (χ1) is 15.1. The van der Waals surface area contributed by atoms with E-state index >= 15 is 0 Å². The number of benzene rings is 2. The highest BCUT2D eigenvalue weighted by molar-refractivity contribution is 5.97. The topological polar surface area (TPSA) is 146 Å². The second-order valence-electron chi connectivity index (χ2n) is 7.84. The third-order valence-electron chi connectivity index (χ3n) is 4.11. The number of carboxylic acid groups (broad SMARTS) is 1. The number of carbonyl (C=O) groups excluding carboxylic acids is 2. The van der Waals surface area contributed by atoms with E-state index in [4.69, 9.17) is 10.6 Å². The number of hydrogen-bond donors (Lipinski definition) is 4. The number of nitrogens with zero attached hydrogens (tertiary/aromatic N) is 2. The Morgan fingerprint density at radius 1 is 1.16 bits per heavy atom. The van der Waals surface area contributed by atoms with Crippen molar-refractivity contribution in [2.75, 3.05) is 5.32 Å². The molecule has 0 aliphatic heterocycles. The summed E-state index contributed by atoms with van der Waals surface area (Å²) in [6, 6.07) is 13.7. The summed E-state index contributed by atoms with van der Waals surface area (Å²) >= 11 is 0. The first-order valence-electron chi connectivity index (χ1n) is 9.79. The van der Waals surface area contributed by atoms with Crippen LogP contribution in [0.2, 0.25) is 0 Å². The van der Waals surface area contributed by atoms with Crippen LogP contribution < -0.4 is 16.6 Å². The van der Waals surface area contributed by atoms with Gasteiger partial charge in [-0.1, -0.05) is 36.4 Å². The minimum atomic E-state index is -1.40. The Morgan fingerprint density at radius 2 is 1.84 bits per heavy atom. The van der Waals surface area contributed by atoms with Gasteiger partial charge in [0.15, 0.2) is 6.04 Å². The molecule has 2 aromatic rings. The van der Waals surface area contributed by atoms with Crippen LogP contribution in [0.15, 0.2) is 59.7 Å². The summed E-state index contributed by atoms with van der Waals surface area (Å²) in [6.07, 6.45) is 0.216. The van der Waals surface area contributed by atoms with Gasteiger partial charge >= 0.3 is 12.1 Å². The van der Waals surface area contributed by atoms with Gasteiger partial charge in [-0.3, -0.25) is 10.2 Å². The van der Waals surface area contributed by atoms with Crippen molar-refractivity contribution in [2.24, 2.45) is 10.9 Å². The Balaban J connectivity index is 2.34. The summed E-state index contributed by atoms with van der Waals surface area (Å²) in [5.41, 5.74) is 2.87. The maximum Gasteiger partial charge on any atom is 0.430 e. The molecule has 0 radical (unpaired) electrons. The Labute approximate surface area is 186 Å². The lowest BCUT2D eigenvalue weighted by atomic mass is 10.1. The molecular formula is C22H27N5O5. The molecule has 0 saturated heterocycles. The van der Waals surface area contributed by atoms with Gasteiger partial charge in [-0.25, -0.2) is 14.6 Å². The molecule has 170 valence electrons. The first kappa shape index (κ1) is 24.2. The van der Waals surface area contributed by atoms with Gasteiger partial charge in [0.1, 0.15) is 11.9 Å². The molecule has 32 heavy (non-hydrogen) atoms. The van der Waals surface area contributed by atoms with E-state index in [9.17, 15) is 19.5 Å². The molecule has 0 aliphatic rings. The number of carbonyl (C=O) groups is 3. The van der Waals surface area contributed by atoms with Crippen LogP contribution in [-0.2, 0) is 16.0 Å². The first-order valence-corrected chi connectivity index (χ1v) is 9.79. The van der Waals surface area contributed by atoms with Crippen LogP contribution in [-0.4, -0.2) is 46.1 Å². The molecule has 0 spiro atoms. The average molecular weight is 441 g/mol. The van der Waals surface area contributed by atoms with Gasteiger partial charge in [0, 0.05) is 17.7 Å². The zero-order chi connectivity index (χ0) is 23.7. The van der Waals surface area contributed by atoms with Crippen LogP contribution in [0.4, 0.5) is 10.5 Å². The second kappa shape index (κ2) is 10.8. The van der Waals surface area contributed by atoms with Crippen molar-refractivity contribution >= 4 is 30.0 Å². The van der Waals surface area contributed by atoms with E-state index < -0.39 is 29.6 Å². The number of hydrazone groups is 1. The van der Waals surface area contributed by atoms with Crippen LogP contribution >= 0.6 is 0 Å². The molecule has 10 heteroatoms. The summed E-state index contributed by atoms with van der Waals surface area (Å²) in [6.45, 7) is 4.93. The number of hydrogen-bond acceptors (Lipinski definition) is 6. The zero-order valence-corrected chi connectivity index (χ0v) is 18.1. The number of ether oxygens (including phenoxy) is 1. The fourth-order valence-electron chi connectivity index (χ4n) is 2.72. The highest BCUT2D eigenvalue weighted by Gasteiger charge is 2.35. The van der Waals surface area contributed by atoms with E-state index in [1.807, 2.05) is 0 Å². The fourth-order valence-corrected chi connectivity index (χ4v) is 2.72. The molecule has 0 heterocycles. The van der Waals surface area contributed by atoms with Crippen molar-refractivity contribution in [2.45, 2.75) is 38.8 Å². The van der Waals surface area contributed by atoms with Gasteiger partial charge in [0.05, 0.1) is 0 Å². The van der Waals surface area contributed by atoms with E-state index in [1.165, 1.54) is 18.5 Å². The average Bonchev–Trinajstić information content (AvgIpc) is 2.74. The van der Waals surface area contributed by atoms with Crippen molar-refractivity contribution < 1.29 is 24.2 Å². The summed E-state index contributed by atoms with van der Waals surface area (Å²) in [5.74, 6) is 3.07. The molecule has 0 aromatic heterocycles. The molecule has 2 amide bonds. The number of amides is 2. The summed E-state index contributed by atoms with van der Waals surface area (Å²) in [5, 5.41) is 16.6. The molecule has 10 nitrogen and oxygen atoms in total. The lowest BCUT2D eigenvalue weighted by molar-refractivity contribution is -0.144. The van der Waals surface area contributed by atoms with E-state index in [0.717, 1.165) is 0 Å². The van der Waals surface area contributed by atoms with Crippen molar-refractivity contribution in [1.82, 2.24) is 10.4 Å². The molecule has 0 bridgehead atoms. The normalized spacial score (nSPS) is 12.1. The highest BCUT2D eigenvalue weighted by atomic mass is 16.6. The number of anilines is 1. The number of hydrazine groups is 1. The largest absolute Gasteiger partial charge is 0.480 e. The Kier molecular flexibility index (Phi) is 8.17. The third kappa shape index (κ3) is 7.31. The smallest absolute Gasteiger partial charge is 0.430 e. The SMILES string of the molecule is CC(C)(C)OC(=O)N(NC(=O)c1cccc(NC=NN)c1)[C@@H](Cc1ccccc1)C(=O)O. The number of rotatable bonds is 7. The van der Waals surface area contributed by atoms with E-state index in [-0.39, 0.29) is 12.0 Å². The van der Waals surface area contributed by atoms with Crippen LogP contribution in [0.5, 0.6) is 0 Å². The van der Waals surface area contributed by atoms with Gasteiger partial charge < -0.3 is 21.0 Å². The van der Waals surface area contributed by atoms with Gasteiger partial charge in [0.25, 0.3) is 5.91 Å². The third-order valence-corrected chi connectivity index (χ3v) is 4.11. The van der Waals surface area contributed by atoms with E-state index in [0.29, 0.717) is 16.3 Å². The Bertz CT molecular complexity index is 972. The predicted octanol–water partition coefficient (Wildman–Crippen LogP) is 2.58. The van der Waals surface area contributed by atoms with Crippen molar-refractivity contribution in [3.05, 3.63) is 65.7 Å². The van der Waals surface area contributed by atoms with Crippen molar-refractivity contribution in [3.63, 3.8) is 0 Å². The summed E-state index contributed by atoms with van der Waals surface area (Å²) < 4.78 is 5.35. The number of aliphatic carboxylic acids is 1. The predicted molar refractivity (Wildman–Crippen MR) is 120 cm³/mol. The van der Waals surface area contributed by atoms with Gasteiger partial charge in [-0.05, 0) is 44.5 Å². The van der Waals surface area contributed by atoms with Crippen molar-refractivity contribution in [1.29, 1.82) is 0 Å². The van der Waals surface area contributed by atoms with Gasteiger partial charge in [0.2, 0.25) is 0 Å². The van der Waals surface area contributed by atoms with Crippen LogP contribution in [0.1, 0.15) is 36.7 Å².